The van der Waals surface area contributed by atoms with Gasteiger partial charge in [0.1, 0.15) is 0 Å². The summed E-state index contributed by atoms with van der Waals surface area (Å²) >= 11 is 0. The molecule has 2 atom stereocenters. The molecule has 1 aromatic carbocycles. The number of anilines is 2. The van der Waals surface area contributed by atoms with Crippen LogP contribution in [0.3, 0.4) is 0 Å². The Morgan fingerprint density at radius 2 is 1.70 bits per heavy atom. The molecule has 0 amide bonds. The minimum absolute atomic E-state index is 0.0686. The monoisotopic (exact) mass is 437 g/mol. The summed E-state index contributed by atoms with van der Waals surface area (Å²) in [4.78, 5) is 2.40. The van der Waals surface area contributed by atoms with Crippen LogP contribution in [0.1, 0.15) is 60.3 Å². The van der Waals surface area contributed by atoms with Crippen LogP contribution in [0.2, 0.25) is 0 Å². The van der Waals surface area contributed by atoms with Crippen molar-refractivity contribution in [3.63, 3.8) is 0 Å². The smallest absolute Gasteiger partial charge is 0.216 e. The van der Waals surface area contributed by atoms with Crippen LogP contribution in [-0.2, 0) is 14.8 Å². The van der Waals surface area contributed by atoms with Crippen LogP contribution in [0, 0.1) is 5.92 Å². The summed E-state index contributed by atoms with van der Waals surface area (Å²) < 4.78 is 32.8. The summed E-state index contributed by atoms with van der Waals surface area (Å²) in [5.74, 6) is 0.576. The van der Waals surface area contributed by atoms with E-state index in [0.717, 1.165) is 51.0 Å². The normalized spacial score (nSPS) is 28.4. The van der Waals surface area contributed by atoms with Crippen molar-refractivity contribution < 1.29 is 13.2 Å². The molecule has 0 radical (unpaired) electrons. The lowest BCUT2D eigenvalue weighted by molar-refractivity contribution is -0.00521. The SMILES string of the molecule is C[C@@H]1CN(c2cccc(NC[C@H]3CC[C@H](NS(=O)(=O)C(C)(C)C)CC3)c2)C[C@H](C)O1. The van der Waals surface area contributed by atoms with Crippen molar-refractivity contribution in [3.8, 4) is 0 Å². The number of hydrogen-bond acceptors (Lipinski definition) is 5. The Kier molecular flexibility index (Phi) is 7.36. The third-order valence-corrected chi connectivity index (χ3v) is 8.46. The van der Waals surface area contributed by atoms with Crippen LogP contribution in [0.25, 0.3) is 0 Å². The Morgan fingerprint density at radius 1 is 1.07 bits per heavy atom. The Bertz CT molecular complexity index is 788. The van der Waals surface area contributed by atoms with Crippen LogP contribution in [0.5, 0.6) is 0 Å². The second-order valence-electron chi connectivity index (χ2n) is 10.0. The molecule has 2 aliphatic rings. The van der Waals surface area contributed by atoms with Gasteiger partial charge >= 0.3 is 0 Å². The van der Waals surface area contributed by atoms with Gasteiger partial charge in [-0.15, -0.1) is 0 Å². The van der Waals surface area contributed by atoms with Crippen molar-refractivity contribution in [3.05, 3.63) is 24.3 Å². The van der Waals surface area contributed by atoms with Gasteiger partial charge in [-0.25, -0.2) is 13.1 Å². The highest BCUT2D eigenvalue weighted by Crippen LogP contribution is 2.28. The molecule has 7 heteroatoms. The third-order valence-electron chi connectivity index (χ3n) is 6.20. The molecule has 2 N–H and O–H groups in total. The zero-order valence-electron chi connectivity index (χ0n) is 19.1. The lowest BCUT2D eigenvalue weighted by Gasteiger charge is -2.37. The highest BCUT2D eigenvalue weighted by Gasteiger charge is 2.32. The Hall–Kier alpha value is -1.31. The summed E-state index contributed by atoms with van der Waals surface area (Å²) in [7, 11) is -3.27. The van der Waals surface area contributed by atoms with Gasteiger partial charge in [0, 0.05) is 37.1 Å². The number of sulfonamides is 1. The predicted molar refractivity (Wildman–Crippen MR) is 125 cm³/mol. The van der Waals surface area contributed by atoms with E-state index in [4.69, 9.17) is 4.74 Å². The molecule has 1 saturated heterocycles. The average Bonchev–Trinajstić information content (AvgIpc) is 2.66. The largest absolute Gasteiger partial charge is 0.385 e. The highest BCUT2D eigenvalue weighted by molar-refractivity contribution is 7.90. The molecule has 170 valence electrons. The second-order valence-corrected chi connectivity index (χ2v) is 12.5. The van der Waals surface area contributed by atoms with Crippen molar-refractivity contribution in [1.29, 1.82) is 0 Å². The van der Waals surface area contributed by atoms with Gasteiger partial charge in [-0.2, -0.15) is 0 Å². The van der Waals surface area contributed by atoms with E-state index in [-0.39, 0.29) is 18.2 Å². The average molecular weight is 438 g/mol. The Balaban J connectivity index is 1.48. The second kappa shape index (κ2) is 9.45. The minimum atomic E-state index is -3.27. The summed E-state index contributed by atoms with van der Waals surface area (Å²) in [6, 6.07) is 8.70. The van der Waals surface area contributed by atoms with Crippen LogP contribution in [0.4, 0.5) is 11.4 Å². The molecule has 3 rings (SSSR count). The van der Waals surface area contributed by atoms with Crippen molar-refractivity contribution in [2.45, 2.75) is 83.3 Å². The molecule has 0 spiro atoms. The van der Waals surface area contributed by atoms with E-state index >= 15 is 0 Å². The van der Waals surface area contributed by atoms with Crippen LogP contribution >= 0.6 is 0 Å². The summed E-state index contributed by atoms with van der Waals surface area (Å²) in [5.41, 5.74) is 2.39. The molecule has 2 fully saturated rings. The first kappa shape index (κ1) is 23.4. The fourth-order valence-corrected chi connectivity index (χ4v) is 5.37. The number of nitrogens with zero attached hydrogens (tertiary/aromatic N) is 1. The number of nitrogens with one attached hydrogen (secondary N) is 2. The van der Waals surface area contributed by atoms with Crippen LogP contribution < -0.4 is 14.9 Å². The molecule has 0 aromatic heterocycles. The molecule has 1 saturated carbocycles. The van der Waals surface area contributed by atoms with Gasteiger partial charge in [0.2, 0.25) is 10.0 Å². The van der Waals surface area contributed by atoms with Crippen molar-refractivity contribution in [2.75, 3.05) is 29.9 Å². The molecular formula is C23H39N3O3S. The first-order valence-electron chi connectivity index (χ1n) is 11.3. The number of morpholine rings is 1. The van der Waals surface area contributed by atoms with E-state index in [9.17, 15) is 8.42 Å². The maximum absolute atomic E-state index is 12.4. The Morgan fingerprint density at radius 3 is 2.30 bits per heavy atom. The van der Waals surface area contributed by atoms with Gasteiger partial charge in [-0.1, -0.05) is 6.07 Å². The molecule has 0 unspecified atom stereocenters. The number of ether oxygens (including phenoxy) is 1. The quantitative estimate of drug-likeness (QED) is 0.704. The Labute approximate surface area is 182 Å². The molecular weight excluding hydrogens is 398 g/mol. The van der Waals surface area contributed by atoms with Gasteiger partial charge < -0.3 is 15.0 Å². The summed E-state index contributed by atoms with van der Waals surface area (Å²) in [5, 5.41) is 3.61. The maximum Gasteiger partial charge on any atom is 0.216 e. The highest BCUT2D eigenvalue weighted by atomic mass is 32.2. The van der Waals surface area contributed by atoms with E-state index < -0.39 is 14.8 Å². The fraction of sp³-hybridized carbons (Fsp3) is 0.739. The lowest BCUT2D eigenvalue weighted by atomic mass is 9.86. The number of rotatable bonds is 6. The molecule has 1 aliphatic heterocycles. The molecule has 30 heavy (non-hydrogen) atoms. The van der Waals surface area contributed by atoms with E-state index in [0.29, 0.717) is 5.92 Å². The molecule has 1 aromatic rings. The lowest BCUT2D eigenvalue weighted by Crippen LogP contribution is -2.46. The van der Waals surface area contributed by atoms with Crippen molar-refractivity contribution in [2.24, 2.45) is 5.92 Å². The first-order valence-corrected chi connectivity index (χ1v) is 12.8. The van der Waals surface area contributed by atoms with Gasteiger partial charge in [-0.05, 0) is 84.4 Å². The van der Waals surface area contributed by atoms with E-state index in [1.165, 1.54) is 5.69 Å². The number of hydrogen-bond donors (Lipinski definition) is 2. The number of benzene rings is 1. The molecule has 1 aliphatic carbocycles. The summed E-state index contributed by atoms with van der Waals surface area (Å²) in [6.45, 7) is 12.3. The zero-order valence-corrected chi connectivity index (χ0v) is 20.0. The summed E-state index contributed by atoms with van der Waals surface area (Å²) in [6.07, 6.45) is 4.40. The van der Waals surface area contributed by atoms with Crippen LogP contribution in [0.15, 0.2) is 24.3 Å². The molecule has 1 heterocycles. The van der Waals surface area contributed by atoms with Gasteiger partial charge in [0.15, 0.2) is 0 Å². The minimum Gasteiger partial charge on any atom is -0.385 e. The van der Waals surface area contributed by atoms with E-state index in [1.54, 1.807) is 20.8 Å². The topological polar surface area (TPSA) is 70.7 Å². The van der Waals surface area contributed by atoms with E-state index in [2.05, 4.69) is 53.1 Å². The van der Waals surface area contributed by atoms with Crippen molar-refractivity contribution >= 4 is 21.4 Å². The van der Waals surface area contributed by atoms with Gasteiger partial charge in [-0.3, -0.25) is 0 Å². The van der Waals surface area contributed by atoms with Crippen LogP contribution in [-0.4, -0.2) is 51.0 Å². The fourth-order valence-electron chi connectivity index (χ4n) is 4.34. The molecule has 6 nitrogen and oxygen atoms in total. The van der Waals surface area contributed by atoms with Crippen molar-refractivity contribution in [1.82, 2.24) is 4.72 Å². The first-order chi connectivity index (χ1) is 14.0. The standard InChI is InChI=1S/C23H39N3O3S/c1-17-15-26(16-18(2)29-17)22-8-6-7-21(13-22)24-14-19-9-11-20(12-10-19)25-30(27,28)23(3,4)5/h6-8,13,17-20,24-25H,9-12,14-16H2,1-5H3/t17-,18+,19-,20-. The third kappa shape index (κ3) is 6.11. The predicted octanol–water partition coefficient (Wildman–Crippen LogP) is 3.99. The van der Waals surface area contributed by atoms with E-state index in [1.807, 2.05) is 0 Å². The van der Waals surface area contributed by atoms with Gasteiger partial charge in [0.05, 0.1) is 17.0 Å². The van der Waals surface area contributed by atoms with Gasteiger partial charge in [0.25, 0.3) is 0 Å². The maximum atomic E-state index is 12.4. The molecule has 0 bridgehead atoms. The zero-order chi connectivity index (χ0) is 21.9.